The summed E-state index contributed by atoms with van der Waals surface area (Å²) < 4.78 is 1.99. The predicted molar refractivity (Wildman–Crippen MR) is 49.4 cm³/mol. The molecule has 1 heterocycles. The first-order valence-corrected chi connectivity index (χ1v) is 3.91. The van der Waals surface area contributed by atoms with Crippen LogP contribution in [0.3, 0.4) is 0 Å². The standard InChI is InChI=1S/C10H10N2.Li.H/c1-9-2-4-10(5-3-9)12-7-6-11-8-12;;/h2-8H,1H3;;/q;+1;-1. The quantitative estimate of drug-likeness (QED) is 0.512. The second-order valence-corrected chi connectivity index (χ2v) is 2.81. The van der Waals surface area contributed by atoms with E-state index in [0.717, 1.165) is 5.69 Å². The van der Waals surface area contributed by atoms with Gasteiger partial charge in [0.1, 0.15) is 0 Å². The Morgan fingerprint density at radius 3 is 2.46 bits per heavy atom. The molecule has 2 aromatic rings. The zero-order valence-corrected chi connectivity index (χ0v) is 7.94. The molecule has 0 saturated heterocycles. The van der Waals surface area contributed by atoms with Crippen molar-refractivity contribution in [1.82, 2.24) is 9.55 Å². The van der Waals surface area contributed by atoms with Crippen LogP contribution in [0.1, 0.15) is 6.99 Å². The van der Waals surface area contributed by atoms with Gasteiger partial charge >= 0.3 is 18.9 Å². The van der Waals surface area contributed by atoms with E-state index in [-0.39, 0.29) is 20.3 Å². The number of hydrogen-bond donors (Lipinski definition) is 0. The average Bonchev–Trinajstić information content (AvgIpc) is 2.58. The predicted octanol–water partition coefficient (Wildman–Crippen LogP) is -0.703. The molecule has 0 aliphatic rings. The average molecular weight is 166 g/mol. The van der Waals surface area contributed by atoms with E-state index in [4.69, 9.17) is 0 Å². The van der Waals surface area contributed by atoms with Gasteiger partial charge in [-0.15, -0.1) is 0 Å². The smallest absolute Gasteiger partial charge is 1.00 e. The van der Waals surface area contributed by atoms with E-state index >= 15 is 0 Å². The van der Waals surface area contributed by atoms with Gasteiger partial charge in [0.15, 0.2) is 0 Å². The van der Waals surface area contributed by atoms with Gasteiger partial charge in [0.05, 0.1) is 6.33 Å². The first-order valence-electron chi connectivity index (χ1n) is 3.91. The monoisotopic (exact) mass is 166 g/mol. The Morgan fingerprint density at radius 1 is 1.23 bits per heavy atom. The molecule has 1 aromatic heterocycles. The van der Waals surface area contributed by atoms with Gasteiger partial charge in [-0.05, 0) is 19.1 Å². The zero-order valence-electron chi connectivity index (χ0n) is 8.94. The van der Waals surface area contributed by atoms with E-state index in [2.05, 4.69) is 36.2 Å². The van der Waals surface area contributed by atoms with Crippen LogP contribution in [0.2, 0.25) is 0 Å². The second-order valence-electron chi connectivity index (χ2n) is 2.81. The van der Waals surface area contributed by atoms with Crippen molar-refractivity contribution in [1.29, 1.82) is 0 Å². The van der Waals surface area contributed by atoms with E-state index in [0.29, 0.717) is 0 Å². The minimum absolute atomic E-state index is 0. The Hall–Kier alpha value is -0.973. The third-order valence-electron chi connectivity index (χ3n) is 1.84. The molecule has 62 valence electrons. The van der Waals surface area contributed by atoms with Gasteiger partial charge in [-0.25, -0.2) is 4.98 Å². The van der Waals surface area contributed by atoms with Crippen molar-refractivity contribution in [2.24, 2.45) is 0 Å². The summed E-state index contributed by atoms with van der Waals surface area (Å²) >= 11 is 0. The maximum absolute atomic E-state index is 3.98. The number of aromatic nitrogens is 2. The van der Waals surface area contributed by atoms with Crippen molar-refractivity contribution in [2.45, 2.75) is 6.92 Å². The number of aryl methyl sites for hydroxylation is 1. The molecule has 0 unspecified atom stereocenters. The molecule has 0 amide bonds. The van der Waals surface area contributed by atoms with Crippen molar-refractivity contribution in [3.05, 3.63) is 48.5 Å². The first-order chi connectivity index (χ1) is 5.86. The summed E-state index contributed by atoms with van der Waals surface area (Å²) in [5.74, 6) is 0. The molecule has 13 heavy (non-hydrogen) atoms. The summed E-state index contributed by atoms with van der Waals surface area (Å²) in [6, 6.07) is 8.35. The minimum Gasteiger partial charge on any atom is -1.00 e. The number of hydrogen-bond acceptors (Lipinski definition) is 1. The molecule has 1 aromatic carbocycles. The van der Waals surface area contributed by atoms with Crippen LogP contribution in [-0.4, -0.2) is 9.55 Å². The fourth-order valence-corrected chi connectivity index (χ4v) is 1.13. The molecule has 2 nitrogen and oxygen atoms in total. The van der Waals surface area contributed by atoms with Crippen LogP contribution < -0.4 is 18.9 Å². The molecule has 0 bridgehead atoms. The fraction of sp³-hybridized carbons (Fsp3) is 0.100. The van der Waals surface area contributed by atoms with Crippen LogP contribution in [0.15, 0.2) is 43.0 Å². The van der Waals surface area contributed by atoms with Gasteiger partial charge in [-0.2, -0.15) is 0 Å². The summed E-state index contributed by atoms with van der Waals surface area (Å²) in [6.45, 7) is 2.08. The summed E-state index contributed by atoms with van der Waals surface area (Å²) in [5, 5.41) is 0. The van der Waals surface area contributed by atoms with Crippen molar-refractivity contribution >= 4 is 0 Å². The third kappa shape index (κ3) is 2.24. The molecule has 0 atom stereocenters. The van der Waals surface area contributed by atoms with E-state index in [1.54, 1.807) is 12.5 Å². The van der Waals surface area contributed by atoms with Gasteiger partial charge in [0.25, 0.3) is 0 Å². The van der Waals surface area contributed by atoms with Crippen LogP contribution in [0.25, 0.3) is 5.69 Å². The number of imidazole rings is 1. The van der Waals surface area contributed by atoms with E-state index in [9.17, 15) is 0 Å². The van der Waals surface area contributed by atoms with Crippen LogP contribution in [0.4, 0.5) is 0 Å². The SMILES string of the molecule is Cc1ccc(-n2ccnc2)cc1.[H-].[Li+]. The minimum atomic E-state index is 0. The second kappa shape index (κ2) is 4.32. The molecule has 0 radical (unpaired) electrons. The maximum Gasteiger partial charge on any atom is 1.00 e. The van der Waals surface area contributed by atoms with Gasteiger partial charge in [0.2, 0.25) is 0 Å². The first kappa shape index (κ1) is 10.1. The Bertz CT molecular complexity index is 356. The number of rotatable bonds is 1. The molecule has 0 saturated carbocycles. The Morgan fingerprint density at radius 2 is 1.92 bits per heavy atom. The molecule has 3 heteroatoms. The Balaban J connectivity index is 0.000000845. The van der Waals surface area contributed by atoms with Crippen LogP contribution in [0, 0.1) is 6.92 Å². The summed E-state index contributed by atoms with van der Waals surface area (Å²) in [7, 11) is 0. The van der Waals surface area contributed by atoms with Crippen LogP contribution in [0.5, 0.6) is 0 Å². The molecule has 2 rings (SSSR count). The van der Waals surface area contributed by atoms with Crippen molar-refractivity contribution in [2.75, 3.05) is 0 Å². The van der Waals surface area contributed by atoms with Gasteiger partial charge < -0.3 is 5.99 Å². The Kier molecular flexibility index (Phi) is 3.36. The largest absolute Gasteiger partial charge is 1.00 e. The molecular formula is C10H11LiN2. The number of benzene rings is 1. The molecule has 0 aliphatic carbocycles. The topological polar surface area (TPSA) is 17.8 Å². The maximum atomic E-state index is 3.98. The van der Waals surface area contributed by atoms with Gasteiger partial charge in [-0.1, -0.05) is 17.7 Å². The van der Waals surface area contributed by atoms with Gasteiger partial charge in [0, 0.05) is 18.1 Å². The summed E-state index contributed by atoms with van der Waals surface area (Å²) in [5.41, 5.74) is 2.43. The van der Waals surface area contributed by atoms with E-state index in [1.165, 1.54) is 5.56 Å². The summed E-state index contributed by atoms with van der Waals surface area (Å²) in [4.78, 5) is 3.98. The summed E-state index contributed by atoms with van der Waals surface area (Å²) in [6.07, 6.45) is 5.51. The Labute approximate surface area is 91.3 Å². The molecule has 0 fully saturated rings. The molecule has 0 aliphatic heterocycles. The zero-order chi connectivity index (χ0) is 8.39. The normalized spacial score (nSPS) is 9.31. The fourth-order valence-electron chi connectivity index (χ4n) is 1.13. The van der Waals surface area contributed by atoms with E-state index in [1.807, 2.05) is 10.8 Å². The van der Waals surface area contributed by atoms with E-state index < -0.39 is 0 Å². The van der Waals surface area contributed by atoms with Crippen molar-refractivity contribution in [3.8, 4) is 5.69 Å². The molecular weight excluding hydrogens is 155 g/mol. The molecule has 0 spiro atoms. The van der Waals surface area contributed by atoms with Crippen LogP contribution >= 0.6 is 0 Å². The van der Waals surface area contributed by atoms with Crippen molar-refractivity contribution in [3.63, 3.8) is 0 Å². The van der Waals surface area contributed by atoms with Gasteiger partial charge in [-0.3, -0.25) is 0 Å². The third-order valence-corrected chi connectivity index (χ3v) is 1.84. The molecule has 0 N–H and O–H groups in total. The number of nitrogens with zero attached hydrogens (tertiary/aromatic N) is 2. The van der Waals surface area contributed by atoms with Crippen molar-refractivity contribution < 1.29 is 20.3 Å². The van der Waals surface area contributed by atoms with Crippen LogP contribution in [-0.2, 0) is 0 Å².